The van der Waals surface area contributed by atoms with Gasteiger partial charge in [-0.1, -0.05) is 88.4 Å². The lowest BCUT2D eigenvalue weighted by Crippen LogP contribution is -1.47. The highest BCUT2D eigenvalue weighted by molar-refractivity contribution is 5.12. The van der Waals surface area contributed by atoms with Crippen LogP contribution in [-0.2, 0) is 0 Å². The van der Waals surface area contributed by atoms with Crippen molar-refractivity contribution in [1.82, 2.24) is 0 Å². The highest BCUT2D eigenvalue weighted by Crippen LogP contribution is 1.93. The van der Waals surface area contributed by atoms with E-state index in [-0.39, 0.29) is 0 Å². The predicted octanol–water partition coefficient (Wildman–Crippen LogP) is 5.24. The first kappa shape index (κ1) is 16.1. The van der Waals surface area contributed by atoms with Gasteiger partial charge in [-0.15, -0.1) is 0 Å². The van der Waals surface area contributed by atoms with E-state index in [4.69, 9.17) is 0 Å². The normalized spacial score (nSPS) is 9.87. The zero-order valence-corrected chi connectivity index (χ0v) is 10.5. The summed E-state index contributed by atoms with van der Waals surface area (Å²) in [6.07, 6.45) is 9.50. The van der Waals surface area contributed by atoms with Gasteiger partial charge < -0.3 is 0 Å². The summed E-state index contributed by atoms with van der Waals surface area (Å²) in [4.78, 5) is 0. The number of rotatable bonds is 0. The first-order valence-electron chi connectivity index (χ1n) is 5.82. The highest BCUT2D eigenvalue weighted by Gasteiger charge is 1.72. The molecule has 15 heavy (non-hydrogen) atoms. The van der Waals surface area contributed by atoms with Gasteiger partial charge in [-0.2, -0.15) is 0 Å². The van der Waals surface area contributed by atoms with Gasteiger partial charge >= 0.3 is 0 Å². The first-order chi connectivity index (χ1) is 7.50. The van der Waals surface area contributed by atoms with E-state index in [9.17, 15) is 0 Å². The Morgan fingerprint density at radius 2 is 0.800 bits per heavy atom. The van der Waals surface area contributed by atoms with Crippen molar-refractivity contribution < 1.29 is 0 Å². The quantitative estimate of drug-likeness (QED) is 0.542. The summed E-state index contributed by atoms with van der Waals surface area (Å²) in [5.41, 5.74) is 0. The van der Waals surface area contributed by atoms with E-state index in [1.54, 1.807) is 0 Å². The molecule has 0 N–H and O–H groups in total. The molecule has 0 spiro atoms. The van der Waals surface area contributed by atoms with Gasteiger partial charge in [0.25, 0.3) is 0 Å². The fourth-order valence-corrected chi connectivity index (χ4v) is 0.778. The van der Waals surface area contributed by atoms with Crippen LogP contribution in [-0.4, -0.2) is 0 Å². The Morgan fingerprint density at radius 1 is 0.533 bits per heavy atom. The van der Waals surface area contributed by atoms with Crippen LogP contribution in [0.25, 0.3) is 0 Å². The van der Waals surface area contributed by atoms with Crippen LogP contribution in [0.5, 0.6) is 0 Å². The van der Waals surface area contributed by atoms with E-state index in [0.29, 0.717) is 0 Å². The molecule has 0 amide bonds. The zero-order chi connectivity index (χ0) is 11.8. The number of allylic oxidation sites excluding steroid dienone is 4. The molecule has 0 saturated heterocycles. The molecule has 0 aromatic heterocycles. The van der Waals surface area contributed by atoms with Gasteiger partial charge in [0, 0.05) is 0 Å². The Bertz CT molecular complexity index is 182. The molecule has 1 aromatic carbocycles. The molecule has 0 heterocycles. The van der Waals surface area contributed by atoms with Crippen molar-refractivity contribution in [2.75, 3.05) is 0 Å². The summed E-state index contributed by atoms with van der Waals surface area (Å²) in [5.74, 6) is 0. The second kappa shape index (κ2) is 18.5. The summed E-state index contributed by atoms with van der Waals surface area (Å²) in [7, 11) is 0. The second-order valence-corrected chi connectivity index (χ2v) is 2.25. The molecule has 0 heteroatoms. The van der Waals surface area contributed by atoms with Crippen LogP contribution in [0.4, 0.5) is 0 Å². The molecule has 0 radical (unpaired) electrons. The average molecular weight is 204 g/mol. The Hall–Kier alpha value is -1.30. The molecule has 0 nitrogen and oxygen atoms in total. The van der Waals surface area contributed by atoms with E-state index in [2.05, 4.69) is 24.3 Å². The number of hydrogen-bond donors (Lipinski definition) is 0. The third-order valence-electron chi connectivity index (χ3n) is 1.32. The van der Waals surface area contributed by atoms with Gasteiger partial charge in [-0.3, -0.25) is 0 Å². The van der Waals surface area contributed by atoms with E-state index < -0.39 is 0 Å². The zero-order valence-electron chi connectivity index (χ0n) is 10.5. The molecule has 1 aliphatic rings. The Kier molecular flexibility index (Phi) is 19.9. The minimum atomic E-state index is 1.14. The average Bonchev–Trinajstić information content (AvgIpc) is 2.95. The van der Waals surface area contributed by atoms with E-state index >= 15 is 0 Å². The monoisotopic (exact) mass is 204 g/mol. The van der Waals surface area contributed by atoms with Crippen LogP contribution in [0, 0.1) is 0 Å². The fourth-order valence-electron chi connectivity index (χ4n) is 0.778. The standard InChI is InChI=1S/C6H6.C5H6.2C2H6/c1-2-4-6-5-3-1;1-2-4-5-3-1;2*1-2/h1-6H;1-4H,5H2;2*1-2H3. The molecule has 0 atom stereocenters. The lowest BCUT2D eigenvalue weighted by atomic mass is 10.4. The SMILES string of the molecule is C1=CCC=C1.CC.CC.c1ccccc1. The van der Waals surface area contributed by atoms with Crippen molar-refractivity contribution >= 4 is 0 Å². The molecule has 0 aliphatic heterocycles. The van der Waals surface area contributed by atoms with Gasteiger partial charge in [0.1, 0.15) is 0 Å². The van der Waals surface area contributed by atoms with Crippen LogP contribution in [0.3, 0.4) is 0 Å². The topological polar surface area (TPSA) is 0 Å². The van der Waals surface area contributed by atoms with Crippen molar-refractivity contribution in [3.05, 3.63) is 60.7 Å². The minimum absolute atomic E-state index is 1.14. The van der Waals surface area contributed by atoms with Gasteiger partial charge in [0.05, 0.1) is 0 Å². The molecule has 2 rings (SSSR count). The predicted molar refractivity (Wildman–Crippen MR) is 72.0 cm³/mol. The molecule has 1 aromatic rings. The number of hydrogen-bond acceptors (Lipinski definition) is 0. The summed E-state index contributed by atoms with van der Waals surface area (Å²) in [6.45, 7) is 8.00. The third kappa shape index (κ3) is 15.5. The molecule has 0 fully saturated rings. The van der Waals surface area contributed by atoms with Crippen molar-refractivity contribution in [1.29, 1.82) is 0 Å². The Labute approximate surface area is 95.3 Å². The van der Waals surface area contributed by atoms with Gasteiger partial charge in [-0.05, 0) is 6.42 Å². The van der Waals surface area contributed by atoms with E-state index in [1.165, 1.54) is 0 Å². The molecule has 0 unspecified atom stereocenters. The van der Waals surface area contributed by atoms with Gasteiger partial charge in [0.2, 0.25) is 0 Å². The third-order valence-corrected chi connectivity index (χ3v) is 1.32. The lowest BCUT2D eigenvalue weighted by molar-refractivity contribution is 1.45. The molecular formula is C15H24. The summed E-state index contributed by atoms with van der Waals surface area (Å²) < 4.78 is 0. The summed E-state index contributed by atoms with van der Waals surface area (Å²) in [5, 5.41) is 0. The first-order valence-corrected chi connectivity index (χ1v) is 5.82. The van der Waals surface area contributed by atoms with E-state index in [1.807, 2.05) is 64.1 Å². The smallest absolute Gasteiger partial charge is 0.0163 e. The van der Waals surface area contributed by atoms with Crippen molar-refractivity contribution in [3.8, 4) is 0 Å². The fraction of sp³-hybridized carbons (Fsp3) is 0.333. The van der Waals surface area contributed by atoms with Crippen LogP contribution in [0.1, 0.15) is 34.1 Å². The van der Waals surface area contributed by atoms with Crippen molar-refractivity contribution in [2.24, 2.45) is 0 Å². The van der Waals surface area contributed by atoms with Crippen LogP contribution >= 0.6 is 0 Å². The maximum atomic E-state index is 2.12. The number of benzene rings is 1. The Balaban J connectivity index is 0. The van der Waals surface area contributed by atoms with Crippen molar-refractivity contribution in [2.45, 2.75) is 34.1 Å². The van der Waals surface area contributed by atoms with Crippen LogP contribution in [0.15, 0.2) is 60.7 Å². The van der Waals surface area contributed by atoms with Crippen LogP contribution in [0.2, 0.25) is 0 Å². The Morgan fingerprint density at radius 3 is 0.933 bits per heavy atom. The molecule has 84 valence electrons. The second-order valence-electron chi connectivity index (χ2n) is 2.25. The van der Waals surface area contributed by atoms with Crippen molar-refractivity contribution in [3.63, 3.8) is 0 Å². The van der Waals surface area contributed by atoms with Gasteiger partial charge in [0.15, 0.2) is 0 Å². The minimum Gasteiger partial charge on any atom is -0.0808 e. The summed E-state index contributed by atoms with van der Waals surface area (Å²) in [6, 6.07) is 12.0. The molecule has 0 bridgehead atoms. The molecule has 0 saturated carbocycles. The maximum absolute atomic E-state index is 2.12. The largest absolute Gasteiger partial charge is 0.0808 e. The summed E-state index contributed by atoms with van der Waals surface area (Å²) >= 11 is 0. The van der Waals surface area contributed by atoms with Gasteiger partial charge in [-0.25, -0.2) is 0 Å². The molecule has 1 aliphatic carbocycles. The van der Waals surface area contributed by atoms with Crippen LogP contribution < -0.4 is 0 Å². The maximum Gasteiger partial charge on any atom is -0.0163 e. The lowest BCUT2D eigenvalue weighted by Gasteiger charge is -1.69. The molecular weight excluding hydrogens is 180 g/mol. The highest BCUT2D eigenvalue weighted by atomic mass is 13.8. The van der Waals surface area contributed by atoms with E-state index in [0.717, 1.165) is 6.42 Å².